The third-order valence-corrected chi connectivity index (χ3v) is 0.461. The molecule has 0 spiro atoms. The van der Waals surface area contributed by atoms with E-state index in [1.54, 1.807) is 0 Å². The Balaban J connectivity index is 0. The van der Waals surface area contributed by atoms with Crippen LogP contribution in [-0.4, -0.2) is 64.9 Å². The molecule has 0 aliphatic carbocycles. The zero-order valence-electron chi connectivity index (χ0n) is 5.35. The Morgan fingerprint density at radius 2 is 1.33 bits per heavy atom. The van der Waals surface area contributed by atoms with Gasteiger partial charge in [-0.15, -0.1) is 0 Å². The first-order valence-electron chi connectivity index (χ1n) is 2.47. The summed E-state index contributed by atoms with van der Waals surface area (Å²) in [6.07, 6.45) is 0. The second-order valence-corrected chi connectivity index (χ2v) is 1.38. The number of hydrogen-bond donors (Lipinski definition) is 2. The molecule has 0 aliphatic rings. The van der Waals surface area contributed by atoms with Crippen molar-refractivity contribution < 1.29 is 34.6 Å². The molecule has 0 amide bonds. The van der Waals surface area contributed by atoms with E-state index in [1.165, 1.54) is 0 Å². The normalized spacial score (nSPS) is 8.67. The molecule has 0 saturated heterocycles. The topological polar surface area (TPSA) is 102 Å². The van der Waals surface area contributed by atoms with Crippen molar-refractivity contribution in [3.8, 4) is 0 Å². The van der Waals surface area contributed by atoms with Crippen molar-refractivity contribution >= 4 is 41.5 Å². The summed E-state index contributed by atoms with van der Waals surface area (Å²) >= 11 is 0. The predicted octanol–water partition coefficient (Wildman–Crippen LogP) is -1.61. The van der Waals surface area contributed by atoms with Gasteiger partial charge in [0.1, 0.15) is 0 Å². The Labute approximate surface area is 89.4 Å². The second kappa shape index (κ2) is 8.91. The van der Waals surface area contributed by atoms with Crippen molar-refractivity contribution in [2.75, 3.05) is 13.2 Å². The third-order valence-electron chi connectivity index (χ3n) is 0.461. The van der Waals surface area contributed by atoms with Crippen LogP contribution in [0.1, 0.15) is 0 Å². The van der Waals surface area contributed by atoms with Crippen LogP contribution in [0.2, 0.25) is 0 Å². The van der Waals surface area contributed by atoms with Gasteiger partial charge in [0.2, 0.25) is 0 Å². The van der Waals surface area contributed by atoms with Gasteiger partial charge in [-0.05, 0) is 0 Å². The van der Waals surface area contributed by atoms with Gasteiger partial charge in [-0.25, -0.2) is 9.59 Å². The van der Waals surface area contributed by atoms with E-state index in [2.05, 4.69) is 14.8 Å². The summed E-state index contributed by atoms with van der Waals surface area (Å²) in [6.45, 7) is -1.42. The molecule has 0 aromatic rings. The number of carbonyl (C=O) groups is 2. The predicted molar refractivity (Wildman–Crippen MR) is 35.4 cm³/mol. The maximum absolute atomic E-state index is 9.72. The summed E-state index contributed by atoms with van der Waals surface area (Å²) < 4.78 is 0. The Kier molecular flexibility index (Phi) is 10.7. The van der Waals surface area contributed by atoms with Gasteiger partial charge in [0.25, 0.3) is 0 Å². The molecule has 0 fully saturated rings. The van der Waals surface area contributed by atoms with Gasteiger partial charge in [0.05, 0.1) is 0 Å². The van der Waals surface area contributed by atoms with Crippen molar-refractivity contribution in [3.05, 3.63) is 0 Å². The van der Waals surface area contributed by atoms with Crippen LogP contribution in [0.3, 0.4) is 0 Å². The van der Waals surface area contributed by atoms with Crippen molar-refractivity contribution in [2.45, 2.75) is 0 Å². The van der Waals surface area contributed by atoms with Crippen LogP contribution in [0.15, 0.2) is 0 Å². The molecule has 0 bridgehead atoms. The van der Waals surface area contributed by atoms with Gasteiger partial charge in [0.15, 0.2) is 13.2 Å². The first-order chi connectivity index (χ1) is 5.13. The van der Waals surface area contributed by atoms with Crippen molar-refractivity contribution in [1.82, 2.24) is 0 Å². The second-order valence-electron chi connectivity index (χ2n) is 1.38. The average molecular weight is 190 g/mol. The van der Waals surface area contributed by atoms with Gasteiger partial charge in [-0.3, -0.25) is 0 Å². The molecule has 0 radical (unpaired) electrons. The van der Waals surface area contributed by atoms with E-state index in [0.29, 0.717) is 0 Å². The standard InChI is InChI=1S/C4H6O7.Na.H/c5-3(6)1-9-11-10-2-4(7)8;;/h1-2H2,(H,5,6)(H,7,8);;. The van der Waals surface area contributed by atoms with Gasteiger partial charge < -0.3 is 10.2 Å². The molecule has 0 atom stereocenters. The molecule has 66 valence electrons. The van der Waals surface area contributed by atoms with E-state index in [9.17, 15) is 9.59 Å². The molecule has 8 heteroatoms. The van der Waals surface area contributed by atoms with Crippen LogP contribution in [0.5, 0.6) is 0 Å². The molecule has 0 aliphatic heterocycles. The zero-order chi connectivity index (χ0) is 8.69. The summed E-state index contributed by atoms with van der Waals surface area (Å²) in [5, 5.41) is 19.6. The SMILES string of the molecule is O=C(O)COOOCC(=O)O.[NaH]. The minimum absolute atomic E-state index is 0. The summed E-state index contributed by atoms with van der Waals surface area (Å²) in [6, 6.07) is 0. The van der Waals surface area contributed by atoms with Gasteiger partial charge >= 0.3 is 41.5 Å². The minimum atomic E-state index is -1.25. The van der Waals surface area contributed by atoms with E-state index >= 15 is 0 Å². The fourth-order valence-electron chi connectivity index (χ4n) is 0.183. The molecule has 0 aromatic carbocycles. The number of carboxylic acids is 2. The molecule has 12 heavy (non-hydrogen) atoms. The van der Waals surface area contributed by atoms with Crippen LogP contribution in [0, 0.1) is 0 Å². The Morgan fingerprint density at radius 1 is 1.00 bits per heavy atom. The molecule has 0 saturated carbocycles. The average Bonchev–Trinajstić information content (AvgIpc) is 1.85. The first kappa shape index (κ1) is 14.3. The molecule has 0 heterocycles. The zero-order valence-corrected chi connectivity index (χ0v) is 5.35. The first-order valence-corrected chi connectivity index (χ1v) is 2.47. The summed E-state index contributed by atoms with van der Waals surface area (Å²) in [5.74, 6) is -2.49. The molecule has 0 unspecified atom stereocenters. The molecular formula is C4H7NaO7. The fourth-order valence-corrected chi connectivity index (χ4v) is 0.183. The van der Waals surface area contributed by atoms with E-state index in [1.807, 2.05) is 0 Å². The Hall–Kier alpha value is -0.180. The monoisotopic (exact) mass is 190 g/mol. The Morgan fingerprint density at radius 3 is 1.58 bits per heavy atom. The molecule has 0 aromatic heterocycles. The maximum atomic E-state index is 9.72. The summed E-state index contributed by atoms with van der Waals surface area (Å²) in [5.41, 5.74) is 0. The molecule has 2 N–H and O–H groups in total. The quantitative estimate of drug-likeness (QED) is 0.225. The van der Waals surface area contributed by atoms with Crippen molar-refractivity contribution in [2.24, 2.45) is 0 Å². The van der Waals surface area contributed by atoms with Crippen LogP contribution in [0.25, 0.3) is 0 Å². The van der Waals surface area contributed by atoms with Crippen molar-refractivity contribution in [1.29, 1.82) is 0 Å². The van der Waals surface area contributed by atoms with Crippen LogP contribution in [0.4, 0.5) is 0 Å². The van der Waals surface area contributed by atoms with E-state index in [-0.39, 0.29) is 29.6 Å². The van der Waals surface area contributed by atoms with Gasteiger partial charge in [-0.1, -0.05) is 5.04 Å². The molecule has 0 rings (SSSR count). The number of rotatable bonds is 6. The Bertz CT molecular complexity index is 130. The van der Waals surface area contributed by atoms with Crippen LogP contribution in [-0.2, 0) is 24.4 Å². The van der Waals surface area contributed by atoms with Crippen molar-refractivity contribution in [3.63, 3.8) is 0 Å². The molecular weight excluding hydrogens is 183 g/mol. The fraction of sp³-hybridized carbons (Fsp3) is 0.500. The van der Waals surface area contributed by atoms with Crippen LogP contribution < -0.4 is 0 Å². The van der Waals surface area contributed by atoms with E-state index in [4.69, 9.17) is 10.2 Å². The summed E-state index contributed by atoms with van der Waals surface area (Å²) in [4.78, 5) is 27.2. The van der Waals surface area contributed by atoms with E-state index in [0.717, 1.165) is 0 Å². The number of carboxylic acid groups (broad SMARTS) is 2. The molecule has 7 nitrogen and oxygen atoms in total. The summed E-state index contributed by atoms with van der Waals surface area (Å²) in [7, 11) is 0. The number of hydrogen-bond acceptors (Lipinski definition) is 5. The van der Waals surface area contributed by atoms with Gasteiger partial charge in [-0.2, -0.15) is 9.78 Å². The number of aliphatic carboxylic acids is 2. The van der Waals surface area contributed by atoms with Crippen LogP contribution >= 0.6 is 0 Å². The van der Waals surface area contributed by atoms with Gasteiger partial charge in [0, 0.05) is 0 Å². The third kappa shape index (κ3) is 12.5. The van der Waals surface area contributed by atoms with E-state index < -0.39 is 25.2 Å².